The van der Waals surface area contributed by atoms with Gasteiger partial charge in [-0.3, -0.25) is 14.2 Å². The minimum atomic E-state index is -0.140. The molecule has 7 heteroatoms. The van der Waals surface area contributed by atoms with Gasteiger partial charge in [-0.2, -0.15) is 0 Å². The number of amides is 1. The average Bonchev–Trinajstić information content (AvgIpc) is 3.18. The van der Waals surface area contributed by atoms with Crippen molar-refractivity contribution in [3.8, 4) is 5.69 Å². The van der Waals surface area contributed by atoms with E-state index in [0.717, 1.165) is 22.5 Å². The van der Waals surface area contributed by atoms with Crippen molar-refractivity contribution in [1.82, 2.24) is 9.55 Å². The maximum Gasteiger partial charge on any atom is 0.276 e. The third kappa shape index (κ3) is 4.17. The molecule has 152 valence electrons. The second-order valence-electron chi connectivity index (χ2n) is 7.14. The first kappa shape index (κ1) is 20.4. The van der Waals surface area contributed by atoms with Crippen LogP contribution in [0.5, 0.6) is 0 Å². The molecule has 0 bridgehead atoms. The summed E-state index contributed by atoms with van der Waals surface area (Å²) in [5.41, 5.74) is 5.41. The number of fused-ring (bicyclic) bond motifs is 1. The SMILES string of the molecule is Cc1cccc(-n2c(SCC(=O)Nc3ccc(C)c(C)c3)nc3ccsc3c2=O)c1. The zero-order chi connectivity index (χ0) is 21.3. The monoisotopic (exact) mass is 435 g/mol. The number of nitrogens with one attached hydrogen (secondary N) is 1. The van der Waals surface area contributed by atoms with Crippen molar-refractivity contribution >= 4 is 44.9 Å². The summed E-state index contributed by atoms with van der Waals surface area (Å²) in [6.07, 6.45) is 0. The van der Waals surface area contributed by atoms with Crippen LogP contribution in [0.1, 0.15) is 16.7 Å². The molecule has 1 N–H and O–H groups in total. The number of rotatable bonds is 5. The highest BCUT2D eigenvalue weighted by Crippen LogP contribution is 2.24. The van der Waals surface area contributed by atoms with Crippen LogP contribution in [0.2, 0.25) is 0 Å². The standard InChI is InChI=1S/C23H21N3O2S2/c1-14-5-4-6-18(11-14)26-22(28)21-19(9-10-29-21)25-23(26)30-13-20(27)24-17-8-7-15(2)16(3)12-17/h4-12H,13H2,1-3H3,(H,24,27). The summed E-state index contributed by atoms with van der Waals surface area (Å²) in [5.74, 6) is 0.0135. The van der Waals surface area contributed by atoms with Gasteiger partial charge in [0.15, 0.2) is 5.16 Å². The molecule has 4 rings (SSSR count). The van der Waals surface area contributed by atoms with Crippen molar-refractivity contribution in [2.75, 3.05) is 11.1 Å². The maximum atomic E-state index is 13.1. The fourth-order valence-corrected chi connectivity index (χ4v) is 4.70. The molecular formula is C23H21N3O2S2. The minimum Gasteiger partial charge on any atom is -0.325 e. The molecule has 0 saturated carbocycles. The molecule has 0 radical (unpaired) electrons. The number of thioether (sulfide) groups is 1. The molecule has 0 saturated heterocycles. The van der Waals surface area contributed by atoms with Crippen LogP contribution >= 0.6 is 23.1 Å². The molecule has 30 heavy (non-hydrogen) atoms. The van der Waals surface area contributed by atoms with Crippen LogP contribution in [0.3, 0.4) is 0 Å². The number of nitrogens with zero attached hydrogens (tertiary/aromatic N) is 2. The lowest BCUT2D eigenvalue weighted by molar-refractivity contribution is -0.113. The van der Waals surface area contributed by atoms with Crippen molar-refractivity contribution < 1.29 is 4.79 Å². The van der Waals surface area contributed by atoms with Crippen LogP contribution in [0.4, 0.5) is 5.69 Å². The number of aromatic nitrogens is 2. The van der Waals surface area contributed by atoms with E-state index in [4.69, 9.17) is 0 Å². The molecule has 4 aromatic rings. The Bertz CT molecular complexity index is 1310. The van der Waals surface area contributed by atoms with E-state index in [1.54, 1.807) is 4.57 Å². The molecule has 2 heterocycles. The van der Waals surface area contributed by atoms with Crippen LogP contribution in [0.25, 0.3) is 15.9 Å². The highest BCUT2D eigenvalue weighted by molar-refractivity contribution is 7.99. The molecule has 0 spiro atoms. The van der Waals surface area contributed by atoms with E-state index in [0.29, 0.717) is 15.4 Å². The lowest BCUT2D eigenvalue weighted by Crippen LogP contribution is -2.22. The van der Waals surface area contributed by atoms with E-state index in [1.807, 2.05) is 74.7 Å². The van der Waals surface area contributed by atoms with Gasteiger partial charge in [-0.05, 0) is 73.2 Å². The van der Waals surface area contributed by atoms with Gasteiger partial charge in [0.05, 0.1) is 17.0 Å². The van der Waals surface area contributed by atoms with Crippen LogP contribution in [0, 0.1) is 20.8 Å². The number of aryl methyl sites for hydroxylation is 3. The Kier molecular flexibility index (Phi) is 5.74. The molecule has 0 fully saturated rings. The number of carbonyl (C=O) groups is 1. The Morgan fingerprint density at radius 3 is 2.70 bits per heavy atom. The van der Waals surface area contributed by atoms with Crippen molar-refractivity contribution in [2.24, 2.45) is 0 Å². The molecule has 0 unspecified atom stereocenters. The lowest BCUT2D eigenvalue weighted by Gasteiger charge is -2.13. The molecule has 0 aliphatic carbocycles. The first-order valence-corrected chi connectivity index (χ1v) is 11.4. The second-order valence-corrected chi connectivity index (χ2v) is 9.00. The summed E-state index contributed by atoms with van der Waals surface area (Å²) in [4.78, 5) is 30.3. The quantitative estimate of drug-likeness (QED) is 0.350. The lowest BCUT2D eigenvalue weighted by atomic mass is 10.1. The smallest absolute Gasteiger partial charge is 0.276 e. The van der Waals surface area contributed by atoms with Crippen LogP contribution in [-0.4, -0.2) is 21.2 Å². The molecule has 2 aromatic carbocycles. The topological polar surface area (TPSA) is 64.0 Å². The first-order valence-electron chi connectivity index (χ1n) is 9.49. The van der Waals surface area contributed by atoms with Gasteiger partial charge in [-0.25, -0.2) is 4.98 Å². The van der Waals surface area contributed by atoms with Crippen molar-refractivity contribution in [3.63, 3.8) is 0 Å². The Labute approximate surface area is 182 Å². The molecule has 1 amide bonds. The van der Waals surface area contributed by atoms with E-state index >= 15 is 0 Å². The number of thiophene rings is 1. The van der Waals surface area contributed by atoms with Gasteiger partial charge in [-0.1, -0.05) is 30.0 Å². The zero-order valence-electron chi connectivity index (χ0n) is 16.9. The predicted octanol–water partition coefficient (Wildman–Crippen LogP) is 5.10. The molecule has 2 aromatic heterocycles. The second kappa shape index (κ2) is 8.45. The Morgan fingerprint density at radius 2 is 1.93 bits per heavy atom. The average molecular weight is 436 g/mol. The van der Waals surface area contributed by atoms with Gasteiger partial charge >= 0.3 is 0 Å². The van der Waals surface area contributed by atoms with Crippen LogP contribution in [-0.2, 0) is 4.79 Å². The van der Waals surface area contributed by atoms with Crippen LogP contribution in [0.15, 0.2) is 63.9 Å². The normalized spacial score (nSPS) is 11.0. The van der Waals surface area contributed by atoms with E-state index in [-0.39, 0.29) is 17.2 Å². The van der Waals surface area contributed by atoms with Crippen molar-refractivity contribution in [1.29, 1.82) is 0 Å². The summed E-state index contributed by atoms with van der Waals surface area (Å²) < 4.78 is 2.21. The van der Waals surface area contributed by atoms with Gasteiger partial charge in [0, 0.05) is 5.69 Å². The summed E-state index contributed by atoms with van der Waals surface area (Å²) >= 11 is 2.64. The van der Waals surface area contributed by atoms with E-state index < -0.39 is 0 Å². The third-order valence-electron chi connectivity index (χ3n) is 4.83. The number of benzene rings is 2. The summed E-state index contributed by atoms with van der Waals surface area (Å²) in [5, 5.41) is 5.29. The minimum absolute atomic E-state index is 0.113. The molecule has 0 aliphatic rings. The van der Waals surface area contributed by atoms with E-state index in [9.17, 15) is 9.59 Å². The summed E-state index contributed by atoms with van der Waals surface area (Å²) in [6, 6.07) is 15.4. The fourth-order valence-electron chi connectivity index (χ4n) is 3.13. The van der Waals surface area contributed by atoms with E-state index in [2.05, 4.69) is 10.3 Å². The number of carbonyl (C=O) groups excluding carboxylic acids is 1. The van der Waals surface area contributed by atoms with Crippen LogP contribution < -0.4 is 10.9 Å². The van der Waals surface area contributed by atoms with Crippen molar-refractivity contribution in [2.45, 2.75) is 25.9 Å². The number of hydrogen-bond donors (Lipinski definition) is 1. The van der Waals surface area contributed by atoms with Gasteiger partial charge in [0.1, 0.15) is 4.70 Å². The van der Waals surface area contributed by atoms with Gasteiger partial charge in [0.25, 0.3) is 5.56 Å². The zero-order valence-corrected chi connectivity index (χ0v) is 18.6. The molecule has 0 atom stereocenters. The third-order valence-corrected chi connectivity index (χ3v) is 6.66. The highest BCUT2D eigenvalue weighted by Gasteiger charge is 2.16. The van der Waals surface area contributed by atoms with Gasteiger partial charge in [0.2, 0.25) is 5.91 Å². The number of hydrogen-bond acceptors (Lipinski definition) is 5. The Hall–Kier alpha value is -2.90. The fraction of sp³-hybridized carbons (Fsp3) is 0.174. The first-order chi connectivity index (χ1) is 14.4. The highest BCUT2D eigenvalue weighted by atomic mass is 32.2. The summed E-state index contributed by atoms with van der Waals surface area (Å²) in [7, 11) is 0. The summed E-state index contributed by atoms with van der Waals surface area (Å²) in [6.45, 7) is 6.03. The Balaban J connectivity index is 1.63. The Morgan fingerprint density at radius 1 is 1.10 bits per heavy atom. The van der Waals surface area contributed by atoms with Gasteiger partial charge in [-0.15, -0.1) is 11.3 Å². The van der Waals surface area contributed by atoms with Gasteiger partial charge < -0.3 is 5.32 Å². The predicted molar refractivity (Wildman–Crippen MR) is 125 cm³/mol. The van der Waals surface area contributed by atoms with E-state index in [1.165, 1.54) is 28.7 Å². The molecule has 0 aliphatic heterocycles. The molecule has 5 nitrogen and oxygen atoms in total. The number of anilines is 1. The molecular weight excluding hydrogens is 414 g/mol. The largest absolute Gasteiger partial charge is 0.325 e. The maximum absolute atomic E-state index is 13.1. The van der Waals surface area contributed by atoms with Crippen molar-refractivity contribution in [3.05, 3.63) is 81.0 Å².